The van der Waals surface area contributed by atoms with Crippen LogP contribution >= 0.6 is 0 Å². The van der Waals surface area contributed by atoms with Gasteiger partial charge in [0.25, 0.3) is 0 Å². The van der Waals surface area contributed by atoms with Crippen LogP contribution in [0.3, 0.4) is 0 Å². The molecular formula is C28H34N2O6. The maximum Gasteiger partial charge on any atom is 0.408 e. The van der Waals surface area contributed by atoms with E-state index in [1.54, 1.807) is 20.8 Å². The van der Waals surface area contributed by atoms with Gasteiger partial charge in [-0.1, -0.05) is 54.6 Å². The Bertz CT molecular complexity index is 1070. The predicted molar refractivity (Wildman–Crippen MR) is 133 cm³/mol. The van der Waals surface area contributed by atoms with Gasteiger partial charge in [0, 0.05) is 19.8 Å². The summed E-state index contributed by atoms with van der Waals surface area (Å²) >= 11 is 0. The van der Waals surface area contributed by atoms with Crippen LogP contribution in [0.5, 0.6) is 0 Å². The number of carbonyl (C=O) groups excluding carboxylic acids is 3. The lowest BCUT2D eigenvalue weighted by atomic mass is 9.90. The summed E-state index contributed by atoms with van der Waals surface area (Å²) in [5, 5.41) is 2.80. The van der Waals surface area contributed by atoms with E-state index in [1.165, 1.54) is 4.90 Å². The molecule has 2 aliphatic heterocycles. The van der Waals surface area contributed by atoms with Gasteiger partial charge in [-0.2, -0.15) is 0 Å². The van der Waals surface area contributed by atoms with Gasteiger partial charge in [0.15, 0.2) is 6.04 Å². The number of ether oxygens (including phenoxy) is 3. The summed E-state index contributed by atoms with van der Waals surface area (Å²) in [4.78, 5) is 41.6. The number of alkyl carbamates (subject to hydrolysis) is 1. The minimum absolute atomic E-state index is 0.111. The normalized spacial score (nSPS) is 18.8. The van der Waals surface area contributed by atoms with Crippen LogP contribution in [-0.4, -0.2) is 47.7 Å². The molecule has 2 atom stereocenters. The van der Waals surface area contributed by atoms with Gasteiger partial charge in [-0.05, 0) is 56.2 Å². The van der Waals surface area contributed by atoms with Gasteiger partial charge in [-0.15, -0.1) is 0 Å². The first-order valence-electron chi connectivity index (χ1n) is 12.4. The zero-order valence-corrected chi connectivity index (χ0v) is 21.1. The molecule has 0 spiro atoms. The van der Waals surface area contributed by atoms with Gasteiger partial charge >= 0.3 is 12.1 Å². The molecular weight excluding hydrogens is 460 g/mol. The average Bonchev–Trinajstić information content (AvgIpc) is 3.25. The Kier molecular flexibility index (Phi) is 7.94. The van der Waals surface area contributed by atoms with E-state index in [9.17, 15) is 14.4 Å². The summed E-state index contributed by atoms with van der Waals surface area (Å²) in [6.07, 6.45) is 0.582. The summed E-state index contributed by atoms with van der Waals surface area (Å²) in [7, 11) is 0. The van der Waals surface area contributed by atoms with Gasteiger partial charge in [-0.25, -0.2) is 9.59 Å². The van der Waals surface area contributed by atoms with Crippen molar-refractivity contribution in [2.75, 3.05) is 13.2 Å². The van der Waals surface area contributed by atoms with E-state index in [0.717, 1.165) is 16.7 Å². The molecule has 192 valence electrons. The molecule has 36 heavy (non-hydrogen) atoms. The van der Waals surface area contributed by atoms with Crippen LogP contribution in [0.15, 0.2) is 54.6 Å². The van der Waals surface area contributed by atoms with Crippen LogP contribution in [-0.2, 0) is 37.0 Å². The lowest BCUT2D eigenvalue weighted by molar-refractivity contribution is -0.157. The molecule has 0 saturated carbocycles. The molecule has 0 aliphatic carbocycles. The van der Waals surface area contributed by atoms with Crippen LogP contribution in [0.1, 0.15) is 56.3 Å². The molecule has 2 amide bonds. The molecule has 4 rings (SSSR count). The molecule has 0 aromatic heterocycles. The van der Waals surface area contributed by atoms with Crippen molar-refractivity contribution < 1.29 is 28.6 Å². The number of carbonyl (C=O) groups is 3. The fraction of sp³-hybridized carbons (Fsp3) is 0.464. The van der Waals surface area contributed by atoms with E-state index in [2.05, 4.69) is 5.32 Å². The maximum atomic E-state index is 14.0. The lowest BCUT2D eigenvalue weighted by Gasteiger charge is -2.34. The number of fused-ring (bicyclic) bond motifs is 1. The highest BCUT2D eigenvalue weighted by molar-refractivity contribution is 5.91. The number of benzene rings is 2. The zero-order chi connectivity index (χ0) is 25.7. The molecule has 1 saturated heterocycles. The number of hydrogen-bond donors (Lipinski definition) is 1. The number of nitrogens with one attached hydrogen (secondary N) is 1. The number of hydrogen-bond acceptors (Lipinski definition) is 6. The Morgan fingerprint density at radius 1 is 1.03 bits per heavy atom. The highest BCUT2D eigenvalue weighted by atomic mass is 16.6. The minimum Gasteiger partial charge on any atom is -0.459 e. The molecule has 8 nitrogen and oxygen atoms in total. The third-order valence-corrected chi connectivity index (χ3v) is 6.41. The van der Waals surface area contributed by atoms with Crippen molar-refractivity contribution in [3.05, 3.63) is 71.3 Å². The number of nitrogens with zero attached hydrogens (tertiary/aromatic N) is 1. The van der Waals surface area contributed by atoms with Crippen molar-refractivity contribution >= 4 is 18.0 Å². The van der Waals surface area contributed by atoms with E-state index in [4.69, 9.17) is 14.2 Å². The number of rotatable bonds is 6. The molecule has 0 radical (unpaired) electrons. The van der Waals surface area contributed by atoms with Crippen molar-refractivity contribution in [1.82, 2.24) is 10.2 Å². The Balaban J connectivity index is 1.58. The van der Waals surface area contributed by atoms with Crippen molar-refractivity contribution in [2.24, 2.45) is 5.92 Å². The van der Waals surface area contributed by atoms with E-state index < -0.39 is 29.7 Å². The molecule has 0 bridgehead atoms. The van der Waals surface area contributed by atoms with Gasteiger partial charge in [0.1, 0.15) is 18.2 Å². The molecule has 8 heteroatoms. The number of esters is 1. The molecule has 2 aromatic rings. The largest absolute Gasteiger partial charge is 0.459 e. The Hall–Kier alpha value is -3.39. The van der Waals surface area contributed by atoms with Crippen LogP contribution in [0.4, 0.5) is 4.79 Å². The summed E-state index contributed by atoms with van der Waals surface area (Å²) in [6.45, 7) is 6.70. The Morgan fingerprint density at radius 2 is 1.69 bits per heavy atom. The van der Waals surface area contributed by atoms with Gasteiger partial charge in [0.05, 0.1) is 0 Å². The van der Waals surface area contributed by atoms with Crippen LogP contribution in [0.2, 0.25) is 0 Å². The Labute approximate surface area is 211 Å². The standard InChI is InChI=1S/C28H34N2O6/c1-28(2,3)36-27(33)29-23(20-13-15-34-16-14-20)25(31)30-17-21-11-7-8-12-22(21)24(30)26(32)35-18-19-9-5-4-6-10-19/h4-12,20,23-24H,13-18H2,1-3H3,(H,29,33)/t23-,24-/m0/s1. The first-order chi connectivity index (χ1) is 17.2. The summed E-state index contributed by atoms with van der Waals surface area (Å²) in [6, 6.07) is 15.2. The Morgan fingerprint density at radius 3 is 2.39 bits per heavy atom. The highest BCUT2D eigenvalue weighted by Crippen LogP contribution is 2.36. The van der Waals surface area contributed by atoms with Gasteiger partial charge in [-0.3, -0.25) is 4.79 Å². The summed E-state index contributed by atoms with van der Waals surface area (Å²) in [5.41, 5.74) is 1.78. The van der Waals surface area contributed by atoms with Crippen molar-refractivity contribution in [3.63, 3.8) is 0 Å². The first kappa shape index (κ1) is 25.7. The second-order valence-corrected chi connectivity index (χ2v) is 10.2. The third-order valence-electron chi connectivity index (χ3n) is 6.41. The third kappa shape index (κ3) is 6.23. The topological polar surface area (TPSA) is 94.2 Å². The van der Waals surface area contributed by atoms with Crippen LogP contribution in [0.25, 0.3) is 0 Å². The van der Waals surface area contributed by atoms with E-state index >= 15 is 0 Å². The summed E-state index contributed by atoms with van der Waals surface area (Å²) < 4.78 is 16.6. The van der Waals surface area contributed by atoms with E-state index in [0.29, 0.717) is 26.1 Å². The molecule has 0 unspecified atom stereocenters. The fourth-order valence-corrected chi connectivity index (χ4v) is 4.70. The maximum absolute atomic E-state index is 14.0. The molecule has 2 heterocycles. The SMILES string of the molecule is CC(C)(C)OC(=O)N[C@H](C(=O)N1Cc2ccccc2[C@H]1C(=O)OCc1ccccc1)C1CCOCC1. The quantitative estimate of drug-likeness (QED) is 0.607. The van der Waals surface area contributed by atoms with E-state index in [-0.39, 0.29) is 25.0 Å². The zero-order valence-electron chi connectivity index (χ0n) is 21.1. The highest BCUT2D eigenvalue weighted by Gasteiger charge is 2.44. The summed E-state index contributed by atoms with van der Waals surface area (Å²) in [5.74, 6) is -0.964. The molecule has 2 aromatic carbocycles. The second kappa shape index (κ2) is 11.1. The van der Waals surface area contributed by atoms with Gasteiger partial charge < -0.3 is 24.4 Å². The monoisotopic (exact) mass is 494 g/mol. The first-order valence-corrected chi connectivity index (χ1v) is 12.4. The average molecular weight is 495 g/mol. The van der Waals surface area contributed by atoms with Crippen molar-refractivity contribution in [1.29, 1.82) is 0 Å². The minimum atomic E-state index is -0.889. The molecule has 1 N–H and O–H groups in total. The molecule has 1 fully saturated rings. The predicted octanol–water partition coefficient (Wildman–Crippen LogP) is 4.13. The lowest BCUT2D eigenvalue weighted by Crippen LogP contribution is -2.54. The fourth-order valence-electron chi connectivity index (χ4n) is 4.70. The van der Waals surface area contributed by atoms with Crippen LogP contribution < -0.4 is 5.32 Å². The van der Waals surface area contributed by atoms with Crippen LogP contribution in [0, 0.1) is 5.92 Å². The molecule has 2 aliphatic rings. The second-order valence-electron chi connectivity index (χ2n) is 10.2. The van der Waals surface area contributed by atoms with Crippen molar-refractivity contribution in [3.8, 4) is 0 Å². The van der Waals surface area contributed by atoms with Gasteiger partial charge in [0.2, 0.25) is 5.91 Å². The van der Waals surface area contributed by atoms with Crippen molar-refractivity contribution in [2.45, 2.75) is 64.4 Å². The van der Waals surface area contributed by atoms with E-state index in [1.807, 2.05) is 54.6 Å². The number of amides is 2. The smallest absolute Gasteiger partial charge is 0.408 e.